The minimum absolute atomic E-state index is 0.0536. The molecule has 0 aliphatic carbocycles. The molecule has 0 saturated heterocycles. The van der Waals surface area contributed by atoms with Crippen LogP contribution in [0.2, 0.25) is 0 Å². The number of aliphatic hydroxyl groups is 1. The van der Waals surface area contributed by atoms with Crippen LogP contribution in [-0.2, 0) is 23.1 Å². The van der Waals surface area contributed by atoms with E-state index in [1.54, 1.807) is 0 Å². The van der Waals surface area contributed by atoms with E-state index in [2.05, 4.69) is 31.2 Å². The summed E-state index contributed by atoms with van der Waals surface area (Å²) in [6.45, 7) is 2.12. The van der Waals surface area contributed by atoms with Gasteiger partial charge < -0.3 is 19.2 Å². The lowest BCUT2D eigenvalue weighted by molar-refractivity contribution is -0.870. The maximum Gasteiger partial charge on any atom is 0.472 e. The van der Waals surface area contributed by atoms with Crippen LogP contribution in [0.5, 0.6) is 0 Å². The van der Waals surface area contributed by atoms with Gasteiger partial charge in [-0.3, -0.25) is 13.8 Å². The van der Waals surface area contributed by atoms with Crippen molar-refractivity contribution in [3.8, 4) is 0 Å². The zero-order valence-electron chi connectivity index (χ0n) is 26.8. The molecule has 0 spiro atoms. The number of quaternary nitrogens is 1. The Balaban J connectivity index is 3.51. The standard InChI is InChI=1S/C32H62NO7P/c1-5-6-7-8-9-10-11-12-13-14-15-16-17-18-19-20-21-22-23-24-25-26-32(35)38-29-31(34)30-40-41(36,37)39-28-27-33(2,3)4/h11-12,14-15,31,34H,5-10,13,16-30H2,1-4H3/p+1/b12-11-,15-14-. The molecule has 9 heteroatoms. The Morgan fingerprint density at radius 2 is 1.27 bits per heavy atom. The molecule has 2 atom stereocenters. The molecule has 0 aromatic carbocycles. The van der Waals surface area contributed by atoms with Crippen molar-refractivity contribution in [2.45, 2.75) is 129 Å². The maximum absolute atomic E-state index is 11.9. The molecule has 0 bridgehead atoms. The van der Waals surface area contributed by atoms with Crippen LogP contribution < -0.4 is 0 Å². The first-order valence-corrected chi connectivity index (χ1v) is 17.6. The molecule has 0 heterocycles. The monoisotopic (exact) mass is 604 g/mol. The molecule has 0 aromatic rings. The molecule has 2 unspecified atom stereocenters. The zero-order chi connectivity index (χ0) is 30.7. The van der Waals surface area contributed by atoms with Gasteiger partial charge in [-0.25, -0.2) is 4.57 Å². The first-order valence-electron chi connectivity index (χ1n) is 16.1. The normalized spacial score (nSPS) is 14.6. The second kappa shape index (κ2) is 26.6. The summed E-state index contributed by atoms with van der Waals surface area (Å²) in [6, 6.07) is 0. The summed E-state index contributed by atoms with van der Waals surface area (Å²) in [6.07, 6.45) is 29.0. The Bertz CT molecular complexity index is 721. The summed E-state index contributed by atoms with van der Waals surface area (Å²) in [5, 5.41) is 9.86. The van der Waals surface area contributed by atoms with Crippen molar-refractivity contribution in [2.24, 2.45) is 0 Å². The van der Waals surface area contributed by atoms with Crippen LogP contribution >= 0.6 is 7.82 Å². The number of allylic oxidation sites excluding steroid dienone is 4. The fourth-order valence-corrected chi connectivity index (χ4v) is 4.85. The van der Waals surface area contributed by atoms with Crippen molar-refractivity contribution in [3.63, 3.8) is 0 Å². The van der Waals surface area contributed by atoms with Gasteiger partial charge in [0.2, 0.25) is 0 Å². The van der Waals surface area contributed by atoms with Gasteiger partial charge in [-0.15, -0.1) is 0 Å². The number of phosphoric ester groups is 1. The summed E-state index contributed by atoms with van der Waals surface area (Å²) in [4.78, 5) is 21.5. The van der Waals surface area contributed by atoms with Crippen molar-refractivity contribution in [1.29, 1.82) is 0 Å². The predicted octanol–water partition coefficient (Wildman–Crippen LogP) is 7.88. The topological polar surface area (TPSA) is 102 Å². The molecule has 242 valence electrons. The number of carbonyl (C=O) groups excluding carboxylic acids is 1. The smallest absolute Gasteiger partial charge is 0.463 e. The second-order valence-electron chi connectivity index (χ2n) is 12.1. The van der Waals surface area contributed by atoms with E-state index in [0.29, 0.717) is 17.4 Å². The summed E-state index contributed by atoms with van der Waals surface area (Å²) >= 11 is 0. The number of nitrogens with zero attached hydrogens (tertiary/aromatic N) is 1. The number of esters is 1. The number of carbonyl (C=O) groups is 1. The van der Waals surface area contributed by atoms with E-state index in [9.17, 15) is 19.4 Å². The highest BCUT2D eigenvalue weighted by atomic mass is 31.2. The van der Waals surface area contributed by atoms with E-state index in [0.717, 1.165) is 25.7 Å². The number of unbranched alkanes of at least 4 members (excludes halogenated alkanes) is 14. The van der Waals surface area contributed by atoms with Gasteiger partial charge in [0.15, 0.2) is 0 Å². The molecule has 2 N–H and O–H groups in total. The zero-order valence-corrected chi connectivity index (χ0v) is 27.7. The summed E-state index contributed by atoms with van der Waals surface area (Å²) in [5.41, 5.74) is 0. The Morgan fingerprint density at radius 1 is 0.756 bits per heavy atom. The largest absolute Gasteiger partial charge is 0.472 e. The summed E-state index contributed by atoms with van der Waals surface area (Å²) in [7, 11) is 1.56. The van der Waals surface area contributed by atoms with Crippen molar-refractivity contribution in [2.75, 3.05) is 47.5 Å². The Hall–Kier alpha value is -1.02. The number of likely N-dealkylation sites (N-methyl/N-ethyl adjacent to an activating group) is 1. The van der Waals surface area contributed by atoms with Crippen LogP contribution in [0.1, 0.15) is 122 Å². The Labute approximate surface area is 251 Å². The highest BCUT2D eigenvalue weighted by Crippen LogP contribution is 2.43. The van der Waals surface area contributed by atoms with Crippen molar-refractivity contribution in [1.82, 2.24) is 0 Å². The lowest BCUT2D eigenvalue weighted by Gasteiger charge is -2.24. The lowest BCUT2D eigenvalue weighted by atomic mass is 10.1. The van der Waals surface area contributed by atoms with Crippen LogP contribution in [0, 0.1) is 0 Å². The van der Waals surface area contributed by atoms with Gasteiger partial charge in [-0.05, 0) is 38.5 Å². The predicted molar refractivity (Wildman–Crippen MR) is 169 cm³/mol. The molecule has 0 rings (SSSR count). The highest BCUT2D eigenvalue weighted by Gasteiger charge is 2.24. The Kier molecular flexibility index (Phi) is 25.9. The molecule has 0 fully saturated rings. The van der Waals surface area contributed by atoms with Crippen LogP contribution in [0.3, 0.4) is 0 Å². The van der Waals surface area contributed by atoms with E-state index in [1.165, 1.54) is 83.5 Å². The number of phosphoric acid groups is 1. The van der Waals surface area contributed by atoms with Gasteiger partial charge in [0.25, 0.3) is 0 Å². The van der Waals surface area contributed by atoms with Gasteiger partial charge in [0.05, 0.1) is 27.7 Å². The second-order valence-corrected chi connectivity index (χ2v) is 13.5. The third-order valence-corrected chi connectivity index (χ3v) is 7.70. The first kappa shape index (κ1) is 40.0. The van der Waals surface area contributed by atoms with Crippen LogP contribution in [0.15, 0.2) is 24.3 Å². The number of ether oxygens (including phenoxy) is 1. The molecule has 0 radical (unpaired) electrons. The number of hydrogen-bond donors (Lipinski definition) is 2. The summed E-state index contributed by atoms with van der Waals surface area (Å²) < 4.78 is 27.1. The molecule has 0 aliphatic heterocycles. The molecule has 0 amide bonds. The van der Waals surface area contributed by atoms with E-state index in [4.69, 9.17) is 13.8 Å². The van der Waals surface area contributed by atoms with Gasteiger partial charge >= 0.3 is 13.8 Å². The molecule has 0 aromatic heterocycles. The number of rotatable bonds is 29. The molecule has 0 aliphatic rings. The highest BCUT2D eigenvalue weighted by molar-refractivity contribution is 7.47. The van der Waals surface area contributed by atoms with Gasteiger partial charge in [-0.2, -0.15) is 0 Å². The maximum atomic E-state index is 11.9. The SMILES string of the molecule is CCCCCCC/C=C\C/C=C\CCCCCCCCCCCC(=O)OCC(O)COP(=O)(O)OCC[N+](C)(C)C. The summed E-state index contributed by atoms with van der Waals surface area (Å²) in [5.74, 6) is -0.377. The quantitative estimate of drug-likeness (QED) is 0.0294. The number of aliphatic hydroxyl groups excluding tert-OH is 1. The van der Waals surface area contributed by atoms with Gasteiger partial charge in [-0.1, -0.05) is 102 Å². The molecular formula is C32H63NO7P+. The minimum Gasteiger partial charge on any atom is -0.463 e. The van der Waals surface area contributed by atoms with Crippen LogP contribution in [0.25, 0.3) is 0 Å². The third kappa shape index (κ3) is 31.7. The molecule has 41 heavy (non-hydrogen) atoms. The molecule has 8 nitrogen and oxygen atoms in total. The fourth-order valence-electron chi connectivity index (χ4n) is 4.10. The van der Waals surface area contributed by atoms with Gasteiger partial charge in [0, 0.05) is 6.42 Å². The first-order chi connectivity index (χ1) is 19.6. The van der Waals surface area contributed by atoms with E-state index >= 15 is 0 Å². The fraction of sp³-hybridized carbons (Fsp3) is 0.844. The lowest BCUT2D eigenvalue weighted by Crippen LogP contribution is -2.37. The van der Waals surface area contributed by atoms with E-state index in [-0.39, 0.29) is 19.2 Å². The van der Waals surface area contributed by atoms with Crippen LogP contribution in [-0.4, -0.2) is 74.1 Å². The average molecular weight is 605 g/mol. The van der Waals surface area contributed by atoms with Crippen molar-refractivity contribution < 1.29 is 37.6 Å². The molecular weight excluding hydrogens is 541 g/mol. The minimum atomic E-state index is -4.25. The van der Waals surface area contributed by atoms with Crippen molar-refractivity contribution in [3.05, 3.63) is 24.3 Å². The third-order valence-electron chi connectivity index (χ3n) is 6.71. The van der Waals surface area contributed by atoms with E-state index < -0.39 is 20.5 Å². The molecule has 0 saturated carbocycles. The average Bonchev–Trinajstić information content (AvgIpc) is 2.90. The number of hydrogen-bond acceptors (Lipinski definition) is 6. The Morgan fingerprint density at radius 3 is 1.80 bits per heavy atom. The van der Waals surface area contributed by atoms with E-state index in [1.807, 2.05) is 21.1 Å². The van der Waals surface area contributed by atoms with Gasteiger partial charge in [0.1, 0.15) is 25.9 Å². The van der Waals surface area contributed by atoms with Crippen LogP contribution in [0.4, 0.5) is 0 Å². The van der Waals surface area contributed by atoms with Crippen molar-refractivity contribution >= 4 is 13.8 Å².